The summed E-state index contributed by atoms with van der Waals surface area (Å²) in [5, 5.41) is 10.7. The second-order valence-electron chi connectivity index (χ2n) is 4.65. The van der Waals surface area contributed by atoms with Crippen molar-refractivity contribution in [2.45, 2.75) is 12.5 Å². The van der Waals surface area contributed by atoms with Crippen LogP contribution < -0.4 is 10.6 Å². The summed E-state index contributed by atoms with van der Waals surface area (Å²) in [7, 11) is 0. The van der Waals surface area contributed by atoms with Crippen LogP contribution in [0, 0.1) is 0 Å². The smallest absolute Gasteiger partial charge is 0.227 e. The molecule has 2 aromatic rings. The van der Waals surface area contributed by atoms with Crippen molar-refractivity contribution in [1.82, 2.24) is 10.3 Å². The molecule has 5 nitrogen and oxygen atoms in total. The fraction of sp³-hybridized carbons (Fsp3) is 0.385. The van der Waals surface area contributed by atoms with Gasteiger partial charge in [0.05, 0.1) is 23.8 Å². The number of halogens is 1. The van der Waals surface area contributed by atoms with Crippen LogP contribution in [0.5, 0.6) is 0 Å². The Balaban J connectivity index is 1.57. The quantitative estimate of drug-likeness (QED) is 0.846. The molecular formula is C13H14BrN3O2S2. The van der Waals surface area contributed by atoms with Gasteiger partial charge < -0.3 is 15.4 Å². The van der Waals surface area contributed by atoms with Gasteiger partial charge in [0, 0.05) is 34.2 Å². The highest BCUT2D eigenvalue weighted by Crippen LogP contribution is 2.31. The third kappa shape index (κ3) is 4.10. The van der Waals surface area contributed by atoms with Gasteiger partial charge in [0.15, 0.2) is 5.13 Å². The number of nitrogens with one attached hydrogen (secondary N) is 2. The van der Waals surface area contributed by atoms with Crippen LogP contribution in [0.4, 0.5) is 5.13 Å². The van der Waals surface area contributed by atoms with E-state index < -0.39 is 0 Å². The van der Waals surface area contributed by atoms with Gasteiger partial charge in [0.1, 0.15) is 0 Å². The van der Waals surface area contributed by atoms with Crippen molar-refractivity contribution in [3.8, 4) is 10.6 Å². The number of aromatic nitrogens is 1. The minimum absolute atomic E-state index is 0.0359. The van der Waals surface area contributed by atoms with E-state index in [4.69, 9.17) is 4.74 Å². The van der Waals surface area contributed by atoms with E-state index in [0.717, 1.165) is 21.6 Å². The first kappa shape index (κ1) is 15.1. The Morgan fingerprint density at radius 3 is 3.14 bits per heavy atom. The predicted molar refractivity (Wildman–Crippen MR) is 89.0 cm³/mol. The van der Waals surface area contributed by atoms with Gasteiger partial charge in [-0.05, 0) is 22.0 Å². The fourth-order valence-corrected chi connectivity index (χ4v) is 4.23. The van der Waals surface area contributed by atoms with Crippen molar-refractivity contribution < 1.29 is 9.53 Å². The number of nitrogens with zero attached hydrogens (tertiary/aromatic N) is 1. The second-order valence-corrected chi connectivity index (χ2v) is 7.33. The Hall–Kier alpha value is -0.800. The molecule has 3 rings (SSSR count). The van der Waals surface area contributed by atoms with E-state index in [1.54, 1.807) is 11.3 Å². The molecule has 1 saturated heterocycles. The zero-order valence-corrected chi connectivity index (χ0v) is 14.3. The fourth-order valence-electron chi connectivity index (χ4n) is 2.04. The molecule has 8 heteroatoms. The molecular weight excluding hydrogens is 374 g/mol. The normalized spacial score (nSPS) is 18.6. The minimum Gasteiger partial charge on any atom is -0.378 e. The summed E-state index contributed by atoms with van der Waals surface area (Å²) in [4.78, 5) is 17.5. The number of anilines is 1. The van der Waals surface area contributed by atoms with Crippen LogP contribution >= 0.6 is 38.6 Å². The van der Waals surface area contributed by atoms with Crippen LogP contribution in [0.15, 0.2) is 21.3 Å². The molecule has 112 valence electrons. The van der Waals surface area contributed by atoms with Gasteiger partial charge in [0.25, 0.3) is 0 Å². The molecule has 0 radical (unpaired) electrons. The molecule has 1 aliphatic rings. The van der Waals surface area contributed by atoms with E-state index in [-0.39, 0.29) is 11.9 Å². The molecule has 1 amide bonds. The van der Waals surface area contributed by atoms with E-state index in [1.165, 1.54) is 11.3 Å². The van der Waals surface area contributed by atoms with Crippen molar-refractivity contribution in [3.05, 3.63) is 21.3 Å². The summed E-state index contributed by atoms with van der Waals surface area (Å²) >= 11 is 6.49. The van der Waals surface area contributed by atoms with Crippen molar-refractivity contribution in [1.29, 1.82) is 0 Å². The lowest BCUT2D eigenvalue weighted by Gasteiger charge is -2.22. The highest BCUT2D eigenvalue weighted by atomic mass is 79.9. The lowest BCUT2D eigenvalue weighted by molar-refractivity contribution is -0.117. The van der Waals surface area contributed by atoms with Gasteiger partial charge in [0.2, 0.25) is 5.91 Å². The third-order valence-corrected chi connectivity index (χ3v) is 5.47. The number of rotatable bonds is 4. The van der Waals surface area contributed by atoms with E-state index >= 15 is 0 Å². The average molecular weight is 388 g/mol. The maximum atomic E-state index is 12.0. The molecule has 1 aliphatic heterocycles. The second kappa shape index (κ2) is 6.97. The van der Waals surface area contributed by atoms with Crippen LogP contribution in [0.25, 0.3) is 10.6 Å². The first-order valence-electron chi connectivity index (χ1n) is 6.51. The Kier molecular flexibility index (Phi) is 5.02. The Bertz CT molecular complexity index is 622. The molecule has 0 spiro atoms. The summed E-state index contributed by atoms with van der Waals surface area (Å²) in [6.07, 6.45) is 0.402. The van der Waals surface area contributed by atoms with E-state index in [2.05, 4.69) is 31.5 Å². The monoisotopic (exact) mass is 387 g/mol. The molecule has 0 saturated carbocycles. The lowest BCUT2D eigenvalue weighted by atomic mass is 10.2. The minimum atomic E-state index is -0.0359. The summed E-state index contributed by atoms with van der Waals surface area (Å²) in [5.41, 5.74) is 0.894. The van der Waals surface area contributed by atoms with Gasteiger partial charge in [-0.1, -0.05) is 0 Å². The number of hydrogen-bond acceptors (Lipinski definition) is 6. The number of carbonyl (C=O) groups excluding carboxylic acids is 1. The van der Waals surface area contributed by atoms with Crippen molar-refractivity contribution in [3.63, 3.8) is 0 Å². The first-order chi connectivity index (χ1) is 10.2. The molecule has 2 N–H and O–H groups in total. The van der Waals surface area contributed by atoms with Gasteiger partial charge in [-0.25, -0.2) is 4.98 Å². The summed E-state index contributed by atoms with van der Waals surface area (Å²) in [5.74, 6) is -0.0359. The van der Waals surface area contributed by atoms with Crippen molar-refractivity contribution >= 4 is 49.6 Å². The maximum absolute atomic E-state index is 12.0. The molecule has 1 unspecified atom stereocenters. The Morgan fingerprint density at radius 2 is 2.43 bits per heavy atom. The molecule has 3 heterocycles. The molecule has 0 aliphatic carbocycles. The Morgan fingerprint density at radius 1 is 1.52 bits per heavy atom. The topological polar surface area (TPSA) is 63.2 Å². The van der Waals surface area contributed by atoms with Gasteiger partial charge in [-0.3, -0.25) is 4.79 Å². The van der Waals surface area contributed by atoms with Gasteiger partial charge in [-0.15, -0.1) is 22.7 Å². The van der Waals surface area contributed by atoms with E-state index in [0.29, 0.717) is 24.8 Å². The van der Waals surface area contributed by atoms with Crippen LogP contribution in [-0.4, -0.2) is 36.7 Å². The number of thiazole rings is 1. The van der Waals surface area contributed by atoms with Gasteiger partial charge in [-0.2, -0.15) is 0 Å². The van der Waals surface area contributed by atoms with Crippen LogP contribution in [0.1, 0.15) is 6.42 Å². The van der Waals surface area contributed by atoms with Crippen LogP contribution in [-0.2, 0) is 9.53 Å². The zero-order valence-electron chi connectivity index (χ0n) is 11.1. The molecule has 2 aromatic heterocycles. The van der Waals surface area contributed by atoms with Crippen molar-refractivity contribution in [2.75, 3.05) is 25.1 Å². The summed E-state index contributed by atoms with van der Waals surface area (Å²) in [6.45, 7) is 2.09. The highest BCUT2D eigenvalue weighted by Gasteiger charge is 2.17. The van der Waals surface area contributed by atoms with E-state index in [1.807, 2.05) is 16.8 Å². The lowest BCUT2D eigenvalue weighted by Crippen LogP contribution is -2.43. The molecule has 0 aromatic carbocycles. The standard InChI is InChI=1S/C13H14BrN3O2S2/c14-8-3-11(20-6-8)10-7-21-13(16-10)17-12(18)4-9-5-19-2-1-15-9/h3,6-7,9,15H,1-2,4-5H2,(H,16,17,18). The Labute approximate surface area is 138 Å². The zero-order chi connectivity index (χ0) is 14.7. The predicted octanol–water partition coefficient (Wildman–Crippen LogP) is 2.95. The maximum Gasteiger partial charge on any atom is 0.227 e. The summed E-state index contributed by atoms with van der Waals surface area (Å²) < 4.78 is 6.38. The number of amides is 1. The number of ether oxygens (including phenoxy) is 1. The van der Waals surface area contributed by atoms with Crippen molar-refractivity contribution in [2.24, 2.45) is 0 Å². The highest BCUT2D eigenvalue weighted by molar-refractivity contribution is 9.10. The molecule has 21 heavy (non-hydrogen) atoms. The molecule has 0 bridgehead atoms. The SMILES string of the molecule is O=C(CC1COCCN1)Nc1nc(-c2cc(Br)cs2)cs1. The largest absolute Gasteiger partial charge is 0.378 e. The first-order valence-corrected chi connectivity index (χ1v) is 9.07. The number of carbonyl (C=O) groups is 1. The molecule has 1 atom stereocenters. The summed E-state index contributed by atoms with van der Waals surface area (Å²) in [6, 6.07) is 2.11. The number of morpholine rings is 1. The van der Waals surface area contributed by atoms with E-state index in [9.17, 15) is 4.79 Å². The number of thiophene rings is 1. The molecule has 1 fully saturated rings. The van der Waals surface area contributed by atoms with Gasteiger partial charge >= 0.3 is 0 Å². The number of hydrogen-bond donors (Lipinski definition) is 2. The third-order valence-electron chi connectivity index (χ3n) is 3.00. The average Bonchev–Trinajstić information content (AvgIpc) is 3.09. The van der Waals surface area contributed by atoms with Crippen LogP contribution in [0.3, 0.4) is 0 Å². The van der Waals surface area contributed by atoms with Crippen LogP contribution in [0.2, 0.25) is 0 Å².